The van der Waals surface area contributed by atoms with Crippen molar-refractivity contribution in [3.8, 4) is 0 Å². The van der Waals surface area contributed by atoms with E-state index in [0.29, 0.717) is 10.6 Å². The third-order valence-corrected chi connectivity index (χ3v) is 6.15. The molecule has 0 saturated heterocycles. The SMILES string of the molecule is O=C(O)c1cccc(Sc2ccccc2)c1S(=O)(=O)Nc1ccccc1. The fourth-order valence-electron chi connectivity index (χ4n) is 2.37. The Hall–Kier alpha value is -2.77. The van der Waals surface area contributed by atoms with Crippen LogP contribution in [0.5, 0.6) is 0 Å². The standard InChI is InChI=1S/C19H15NO4S2/c21-19(22)16-12-7-13-17(25-15-10-5-2-6-11-15)18(16)26(23,24)20-14-8-3-1-4-9-14/h1-13,20H,(H,21,22). The van der Waals surface area contributed by atoms with Crippen molar-refractivity contribution in [1.82, 2.24) is 0 Å². The zero-order valence-corrected chi connectivity index (χ0v) is 15.1. The van der Waals surface area contributed by atoms with Gasteiger partial charge in [0, 0.05) is 15.5 Å². The number of carboxylic acid groups (broad SMARTS) is 1. The van der Waals surface area contributed by atoms with E-state index in [4.69, 9.17) is 0 Å². The molecule has 3 aromatic rings. The number of benzene rings is 3. The Labute approximate surface area is 155 Å². The van der Waals surface area contributed by atoms with E-state index in [2.05, 4.69) is 4.72 Å². The summed E-state index contributed by atoms with van der Waals surface area (Å²) in [7, 11) is -4.09. The number of nitrogens with one attached hydrogen (secondary N) is 1. The van der Waals surface area contributed by atoms with Crippen molar-refractivity contribution in [3.05, 3.63) is 84.4 Å². The number of hydrogen-bond donors (Lipinski definition) is 2. The number of sulfonamides is 1. The Morgan fingerprint density at radius 1 is 0.846 bits per heavy atom. The Morgan fingerprint density at radius 3 is 2.08 bits per heavy atom. The van der Waals surface area contributed by atoms with E-state index in [1.807, 2.05) is 30.3 Å². The van der Waals surface area contributed by atoms with Gasteiger partial charge in [0.15, 0.2) is 0 Å². The third kappa shape index (κ3) is 4.07. The minimum Gasteiger partial charge on any atom is -0.478 e. The molecule has 5 nitrogen and oxygen atoms in total. The molecule has 0 spiro atoms. The smallest absolute Gasteiger partial charge is 0.337 e. The van der Waals surface area contributed by atoms with Crippen molar-refractivity contribution in [2.45, 2.75) is 14.7 Å². The molecule has 0 aliphatic rings. The topological polar surface area (TPSA) is 83.5 Å². The van der Waals surface area contributed by atoms with Crippen LogP contribution in [-0.2, 0) is 10.0 Å². The highest BCUT2D eigenvalue weighted by atomic mass is 32.2. The van der Waals surface area contributed by atoms with E-state index < -0.39 is 16.0 Å². The van der Waals surface area contributed by atoms with Gasteiger partial charge in [-0.05, 0) is 36.4 Å². The maximum atomic E-state index is 13.0. The molecule has 0 heterocycles. The maximum absolute atomic E-state index is 13.0. The number of carboxylic acids is 1. The van der Waals surface area contributed by atoms with Crippen LogP contribution in [0.2, 0.25) is 0 Å². The second-order valence-corrected chi connectivity index (χ2v) is 8.06. The van der Waals surface area contributed by atoms with Gasteiger partial charge in [-0.3, -0.25) is 4.72 Å². The van der Waals surface area contributed by atoms with Gasteiger partial charge >= 0.3 is 5.97 Å². The van der Waals surface area contributed by atoms with Crippen LogP contribution in [0.15, 0.2) is 93.5 Å². The number of para-hydroxylation sites is 1. The van der Waals surface area contributed by atoms with Crippen LogP contribution in [0.1, 0.15) is 10.4 Å². The van der Waals surface area contributed by atoms with Gasteiger partial charge in [0.25, 0.3) is 10.0 Å². The van der Waals surface area contributed by atoms with E-state index in [9.17, 15) is 18.3 Å². The summed E-state index contributed by atoms with van der Waals surface area (Å²) in [5.41, 5.74) is 0.0951. The van der Waals surface area contributed by atoms with Gasteiger partial charge in [-0.25, -0.2) is 13.2 Å². The first-order valence-electron chi connectivity index (χ1n) is 7.64. The molecule has 0 unspecified atom stereocenters. The van der Waals surface area contributed by atoms with Gasteiger partial charge in [0.2, 0.25) is 0 Å². The fraction of sp³-hybridized carbons (Fsp3) is 0. The molecule has 0 aliphatic heterocycles. The van der Waals surface area contributed by atoms with Crippen LogP contribution < -0.4 is 4.72 Å². The molecular weight excluding hydrogens is 370 g/mol. The zero-order valence-electron chi connectivity index (χ0n) is 13.5. The Morgan fingerprint density at radius 2 is 1.46 bits per heavy atom. The molecule has 0 bridgehead atoms. The van der Waals surface area contributed by atoms with Gasteiger partial charge in [-0.1, -0.05) is 54.2 Å². The van der Waals surface area contributed by atoms with Crippen molar-refractivity contribution in [2.24, 2.45) is 0 Å². The van der Waals surface area contributed by atoms with E-state index in [1.165, 1.54) is 23.9 Å². The minimum atomic E-state index is -4.09. The van der Waals surface area contributed by atoms with Crippen LogP contribution in [0.3, 0.4) is 0 Å². The van der Waals surface area contributed by atoms with E-state index in [-0.39, 0.29) is 10.5 Å². The van der Waals surface area contributed by atoms with E-state index in [1.54, 1.807) is 36.4 Å². The second kappa shape index (κ2) is 7.63. The molecule has 0 saturated carbocycles. The summed E-state index contributed by atoms with van der Waals surface area (Å²) >= 11 is 1.20. The van der Waals surface area contributed by atoms with Crippen molar-refractivity contribution < 1.29 is 18.3 Å². The van der Waals surface area contributed by atoms with Crippen molar-refractivity contribution in [2.75, 3.05) is 4.72 Å². The lowest BCUT2D eigenvalue weighted by Crippen LogP contribution is -2.18. The van der Waals surface area contributed by atoms with Crippen LogP contribution in [0, 0.1) is 0 Å². The van der Waals surface area contributed by atoms with E-state index >= 15 is 0 Å². The summed E-state index contributed by atoms with van der Waals surface area (Å²) in [5.74, 6) is -1.30. The molecule has 0 aliphatic carbocycles. The molecule has 132 valence electrons. The summed E-state index contributed by atoms with van der Waals surface area (Å²) in [6, 6.07) is 22.0. The first kappa shape index (κ1) is 18.0. The lowest BCUT2D eigenvalue weighted by atomic mass is 10.2. The highest BCUT2D eigenvalue weighted by molar-refractivity contribution is 8.00. The summed E-state index contributed by atoms with van der Waals surface area (Å²) in [6.07, 6.45) is 0. The predicted molar refractivity (Wildman–Crippen MR) is 101 cm³/mol. The summed E-state index contributed by atoms with van der Waals surface area (Å²) in [5, 5.41) is 9.48. The number of aromatic carboxylic acids is 1. The molecule has 0 amide bonds. The monoisotopic (exact) mass is 385 g/mol. The first-order valence-corrected chi connectivity index (χ1v) is 9.94. The quantitative estimate of drug-likeness (QED) is 0.660. The number of rotatable bonds is 6. The van der Waals surface area contributed by atoms with Crippen molar-refractivity contribution in [1.29, 1.82) is 0 Å². The Kier molecular flexibility index (Phi) is 5.29. The number of anilines is 1. The van der Waals surface area contributed by atoms with Gasteiger partial charge in [-0.15, -0.1) is 0 Å². The normalized spacial score (nSPS) is 11.1. The van der Waals surface area contributed by atoms with Gasteiger partial charge in [0.1, 0.15) is 4.90 Å². The summed E-state index contributed by atoms with van der Waals surface area (Å²) < 4.78 is 28.4. The lowest BCUT2D eigenvalue weighted by Gasteiger charge is -2.14. The van der Waals surface area contributed by atoms with Crippen LogP contribution >= 0.6 is 11.8 Å². The van der Waals surface area contributed by atoms with Gasteiger partial charge in [0.05, 0.1) is 5.56 Å². The Balaban J connectivity index is 2.10. The first-order chi connectivity index (χ1) is 12.5. The predicted octanol–water partition coefficient (Wildman–Crippen LogP) is 4.34. The number of hydrogen-bond acceptors (Lipinski definition) is 4. The van der Waals surface area contributed by atoms with Crippen LogP contribution in [0.4, 0.5) is 5.69 Å². The fourth-order valence-corrected chi connectivity index (χ4v) is 5.05. The molecule has 26 heavy (non-hydrogen) atoms. The average molecular weight is 385 g/mol. The second-order valence-electron chi connectivity index (χ2n) is 5.32. The van der Waals surface area contributed by atoms with E-state index in [0.717, 1.165) is 4.90 Å². The average Bonchev–Trinajstić information content (AvgIpc) is 2.62. The molecule has 0 aromatic heterocycles. The van der Waals surface area contributed by atoms with Gasteiger partial charge in [-0.2, -0.15) is 0 Å². The van der Waals surface area contributed by atoms with Crippen molar-refractivity contribution in [3.63, 3.8) is 0 Å². The lowest BCUT2D eigenvalue weighted by molar-refractivity contribution is 0.0692. The van der Waals surface area contributed by atoms with Crippen molar-refractivity contribution >= 4 is 33.4 Å². The molecule has 2 N–H and O–H groups in total. The molecule has 0 fully saturated rings. The highest BCUT2D eigenvalue weighted by Gasteiger charge is 2.26. The maximum Gasteiger partial charge on any atom is 0.337 e. The zero-order chi connectivity index (χ0) is 18.6. The number of carbonyl (C=O) groups is 1. The molecule has 3 aromatic carbocycles. The molecule has 7 heteroatoms. The molecular formula is C19H15NO4S2. The Bertz CT molecular complexity index is 1020. The van der Waals surface area contributed by atoms with Crippen LogP contribution in [0.25, 0.3) is 0 Å². The molecule has 3 rings (SSSR count). The summed E-state index contributed by atoms with van der Waals surface area (Å²) in [4.78, 5) is 12.5. The van der Waals surface area contributed by atoms with Gasteiger partial charge < -0.3 is 5.11 Å². The minimum absolute atomic E-state index is 0.245. The summed E-state index contributed by atoms with van der Waals surface area (Å²) in [6.45, 7) is 0. The third-order valence-electron chi connectivity index (χ3n) is 3.48. The molecule has 0 atom stereocenters. The largest absolute Gasteiger partial charge is 0.478 e. The van der Waals surface area contributed by atoms with Crippen LogP contribution in [-0.4, -0.2) is 19.5 Å². The highest BCUT2D eigenvalue weighted by Crippen LogP contribution is 2.35. The molecule has 0 radical (unpaired) electrons.